The quantitative estimate of drug-likeness (QED) is 0.0627. The number of carbonyl (C=O) groups excluding carboxylic acids is 2. The Kier molecular flexibility index (Phi) is 22.1. The van der Waals surface area contributed by atoms with Gasteiger partial charge >= 0.3 is 35.5 Å². The Labute approximate surface area is 470 Å². The van der Waals surface area contributed by atoms with Gasteiger partial charge in [0.2, 0.25) is 4.34 Å². The van der Waals surface area contributed by atoms with E-state index in [1.807, 2.05) is 77.1 Å². The number of sulfonamides is 1. The predicted octanol–water partition coefficient (Wildman–Crippen LogP) is 8.59. The molecule has 1 heterocycles. The molecule has 1 amide bonds. The number of rotatable bonds is 22. The van der Waals surface area contributed by atoms with Crippen molar-refractivity contribution in [2.24, 2.45) is 11.8 Å². The summed E-state index contributed by atoms with van der Waals surface area (Å²) in [4.78, 5) is 40.6. The van der Waals surface area contributed by atoms with Crippen molar-refractivity contribution in [1.29, 1.82) is 0 Å². The Balaban J connectivity index is 0.000000275. The topological polar surface area (TPSA) is 175 Å². The Bertz CT molecular complexity index is 3050. The van der Waals surface area contributed by atoms with Crippen LogP contribution in [0, 0.1) is 39.5 Å². The Hall–Kier alpha value is -5.51. The molecule has 12 nitrogen and oxygen atoms in total. The monoisotopic (exact) mass is 1070 g/mol. The van der Waals surface area contributed by atoms with Gasteiger partial charge in [-0.25, -0.2) is 4.98 Å². The van der Waals surface area contributed by atoms with Crippen molar-refractivity contribution in [2.45, 2.75) is 144 Å². The van der Waals surface area contributed by atoms with Crippen molar-refractivity contribution in [1.82, 2.24) is 10.3 Å². The van der Waals surface area contributed by atoms with Gasteiger partial charge in [0.15, 0.2) is 0 Å². The van der Waals surface area contributed by atoms with Crippen molar-refractivity contribution in [2.75, 3.05) is 10.8 Å². The number of nitrogens with one attached hydrogen (secondary N) is 1. The molecule has 0 spiro atoms. The number of thiazole rings is 1. The predicted molar refractivity (Wildman–Crippen MR) is 292 cm³/mol. The summed E-state index contributed by atoms with van der Waals surface area (Å²) in [7, 11) is -3.89. The van der Waals surface area contributed by atoms with Crippen molar-refractivity contribution in [3.63, 3.8) is 0 Å². The number of carboxylic acids is 2. The van der Waals surface area contributed by atoms with Gasteiger partial charge in [-0.3, -0.25) is 13.9 Å². The van der Waals surface area contributed by atoms with Crippen LogP contribution in [0.4, 0.5) is 5.69 Å². The number of fused-ring (bicyclic) bond motifs is 1. The third kappa shape index (κ3) is 16.5. The van der Waals surface area contributed by atoms with Crippen molar-refractivity contribution < 1.29 is 72.0 Å². The van der Waals surface area contributed by atoms with Gasteiger partial charge < -0.3 is 29.8 Å². The van der Waals surface area contributed by atoms with E-state index in [0.717, 1.165) is 100 Å². The van der Waals surface area contributed by atoms with Crippen molar-refractivity contribution in [3.05, 3.63) is 168 Å². The summed E-state index contributed by atoms with van der Waals surface area (Å²) >= 11 is 1.12. The van der Waals surface area contributed by atoms with Crippen LogP contribution >= 0.6 is 11.3 Å². The van der Waals surface area contributed by atoms with Crippen LogP contribution in [0.25, 0.3) is 0 Å². The number of aromatic nitrogens is 1. The molecule has 2 N–H and O–H groups in total. The van der Waals surface area contributed by atoms with Crippen molar-refractivity contribution >= 4 is 44.9 Å². The van der Waals surface area contributed by atoms with Crippen LogP contribution in [-0.2, 0) is 60.1 Å². The van der Waals surface area contributed by atoms with Crippen molar-refractivity contribution in [3.8, 4) is 11.5 Å². The molecule has 1 aliphatic carbocycles. The smallest absolute Gasteiger partial charge is 0.545 e. The summed E-state index contributed by atoms with van der Waals surface area (Å²) in [5.41, 5.74) is 13.1. The number of nitrogens with zero attached hydrogens (tertiary/aromatic N) is 2. The standard InChI is InChI=1S/C34H43NO4.C26H30N2O5S2.Na/c1-7-25-17-26(8-2)19-29(18-25)31(15-22(3)4)35-34(38)30-20-27(11-12-28(30)13-14-33(36)37)21-39-32-16-23(5)9-10-24(32)6;1-16(2)13-28(35(31,32)26-27-18(4)15-34-26)23-11-19-6-5-7-20(19)12-24(23)33-14-22-9-8-21(25(29)30)10-17(22)3;/h9-12,16-20,22,31H,7-8,13-15,21H2,1-6H3,(H,35,38)(H,36,37);8-12,15-16H,5-7,13-14H2,1-4H3,(H,29,30);/q;;+1/p-1/t31-;;/m1../s1. The molecule has 0 radical (unpaired) electrons. The Morgan fingerprint density at radius 1 is 0.773 bits per heavy atom. The molecule has 7 rings (SSSR count). The van der Waals surface area contributed by atoms with Gasteiger partial charge in [0.05, 0.1) is 17.7 Å². The van der Waals surface area contributed by atoms with Gasteiger partial charge in [0.1, 0.15) is 24.7 Å². The minimum absolute atomic E-state index is 0. The molecule has 15 heteroatoms. The number of aliphatic carboxylic acids is 1. The van der Waals surface area contributed by atoms with E-state index in [2.05, 4.69) is 62.3 Å². The fraction of sp³-hybridized carbons (Fsp3) is 0.400. The molecule has 0 aliphatic heterocycles. The largest absolute Gasteiger partial charge is 1.00 e. The van der Waals surface area contributed by atoms with Crippen LogP contribution < -0.4 is 53.8 Å². The summed E-state index contributed by atoms with van der Waals surface area (Å²) in [6, 6.07) is 26.9. The van der Waals surface area contributed by atoms with Gasteiger partial charge in [-0.2, -0.15) is 8.42 Å². The van der Waals surface area contributed by atoms with Crippen LogP contribution in [0.15, 0.2) is 94.6 Å². The molecule has 1 aliphatic rings. The summed E-state index contributed by atoms with van der Waals surface area (Å²) < 4.78 is 41.3. The summed E-state index contributed by atoms with van der Waals surface area (Å²) in [5, 5.41) is 25.5. The zero-order chi connectivity index (χ0) is 53.9. The number of ether oxygens (including phenoxy) is 2. The zero-order valence-corrected chi connectivity index (χ0v) is 49.2. The number of amides is 1. The fourth-order valence-electron chi connectivity index (χ4n) is 9.04. The second kappa shape index (κ2) is 27.5. The SMILES string of the molecule is CCc1cc(CC)cc([C@@H](CC(C)C)NC(=O)c2cc(COc3cc(C)ccc3C)ccc2CCC(=O)O)c1.Cc1csc(S(=O)(=O)N(CC(C)C)c2cc3c(cc2OCc2ccc(C(=O)[O-])cc2C)CCC3)n1.[Na+]. The maximum atomic E-state index is 13.8. The zero-order valence-electron chi connectivity index (χ0n) is 45.6. The second-order valence-corrected chi connectivity index (χ2v) is 23.1. The minimum atomic E-state index is -3.89. The number of aromatic carboxylic acids is 1. The first-order valence-electron chi connectivity index (χ1n) is 25.7. The van der Waals surface area contributed by atoms with E-state index in [-0.39, 0.29) is 83.3 Å². The van der Waals surface area contributed by atoms with E-state index in [0.29, 0.717) is 35.2 Å². The van der Waals surface area contributed by atoms with Crippen LogP contribution in [-0.4, -0.2) is 42.9 Å². The number of anilines is 1. The van der Waals surface area contributed by atoms with E-state index in [1.54, 1.807) is 24.4 Å². The maximum absolute atomic E-state index is 13.8. The average molecular weight is 1070 g/mol. The van der Waals surface area contributed by atoms with E-state index in [9.17, 15) is 33.0 Å². The number of hydrogen-bond acceptors (Lipinski definition) is 10. The molecule has 5 aromatic carbocycles. The van der Waals surface area contributed by atoms with E-state index in [1.165, 1.54) is 27.1 Å². The molecule has 1 atom stereocenters. The first-order valence-corrected chi connectivity index (χ1v) is 28.0. The first-order chi connectivity index (χ1) is 35.1. The normalized spacial score (nSPS) is 12.3. The van der Waals surface area contributed by atoms with Gasteiger partial charge in [-0.15, -0.1) is 11.3 Å². The Morgan fingerprint density at radius 2 is 1.44 bits per heavy atom. The van der Waals surface area contributed by atoms with Crippen LogP contribution in [0.2, 0.25) is 0 Å². The van der Waals surface area contributed by atoms with Gasteiger partial charge in [0, 0.05) is 29.6 Å². The van der Waals surface area contributed by atoms with E-state index < -0.39 is 22.0 Å². The van der Waals surface area contributed by atoms with Gasteiger partial charge in [-0.1, -0.05) is 96.1 Å². The number of benzene rings is 5. The van der Waals surface area contributed by atoms with Crippen LogP contribution in [0.1, 0.15) is 154 Å². The molecule has 0 fully saturated rings. The molecule has 75 heavy (non-hydrogen) atoms. The van der Waals surface area contributed by atoms with Crippen LogP contribution in [0.5, 0.6) is 11.5 Å². The molecule has 0 saturated carbocycles. The van der Waals surface area contributed by atoms with Gasteiger partial charge in [0.25, 0.3) is 15.9 Å². The molecule has 394 valence electrons. The fourth-order valence-corrected chi connectivity index (χ4v) is 11.8. The first kappa shape index (κ1) is 60.4. The summed E-state index contributed by atoms with van der Waals surface area (Å²) in [5.74, 6) is -0.532. The third-order valence-electron chi connectivity index (χ3n) is 13.1. The number of carboxylic acid groups (broad SMARTS) is 2. The minimum Gasteiger partial charge on any atom is -0.545 e. The molecular formula is C60H72N3NaO9S2. The molecular weight excluding hydrogens is 994 g/mol. The summed E-state index contributed by atoms with van der Waals surface area (Å²) in [6.07, 6.45) is 5.78. The molecule has 0 bridgehead atoms. The maximum Gasteiger partial charge on any atom is 1.00 e. The van der Waals surface area contributed by atoms with Crippen LogP contribution in [0.3, 0.4) is 0 Å². The average Bonchev–Trinajstić information content (AvgIpc) is 4.03. The number of hydrogen-bond donors (Lipinski definition) is 2. The van der Waals surface area contributed by atoms with E-state index in [4.69, 9.17) is 9.47 Å². The Morgan fingerprint density at radius 3 is 2.04 bits per heavy atom. The molecule has 1 aromatic heterocycles. The second-order valence-electron chi connectivity index (χ2n) is 20.2. The number of carbonyl (C=O) groups is 3. The summed E-state index contributed by atoms with van der Waals surface area (Å²) in [6.45, 7) is 21.0. The number of aryl methyl sites for hydroxylation is 9. The molecule has 0 unspecified atom stereocenters. The van der Waals surface area contributed by atoms with Gasteiger partial charge in [-0.05, 0) is 182 Å². The third-order valence-corrected chi connectivity index (χ3v) is 16.2. The molecule has 0 saturated heterocycles. The molecule has 6 aromatic rings. The van der Waals surface area contributed by atoms with E-state index >= 15 is 0 Å².